The molecule has 0 aliphatic heterocycles. The van der Waals surface area contributed by atoms with Crippen molar-refractivity contribution in [2.24, 2.45) is 0 Å². The molecule has 0 amide bonds. The fraction of sp³-hybridized carbons (Fsp3) is 0.500. The van der Waals surface area contributed by atoms with Crippen LogP contribution >= 0.6 is 23.2 Å². The highest BCUT2D eigenvalue weighted by atomic mass is 35.5. The van der Waals surface area contributed by atoms with Crippen LogP contribution in [0.3, 0.4) is 0 Å². The van der Waals surface area contributed by atoms with E-state index in [0.29, 0.717) is 10.9 Å². The quantitative estimate of drug-likeness (QED) is 0.755. The molecule has 0 unspecified atom stereocenters. The summed E-state index contributed by atoms with van der Waals surface area (Å²) < 4.78 is 5.17. The molecule has 0 fully saturated rings. The maximum absolute atomic E-state index is 6.09. The van der Waals surface area contributed by atoms with E-state index in [9.17, 15) is 0 Å². The van der Waals surface area contributed by atoms with Gasteiger partial charge in [-0.25, -0.2) is 0 Å². The Kier molecular flexibility index (Phi) is 5.39. The van der Waals surface area contributed by atoms with Crippen molar-refractivity contribution in [3.8, 4) is 5.75 Å². The predicted octanol–water partition coefficient (Wildman–Crippen LogP) is 3.33. The monoisotopic (exact) mass is 261 g/mol. The topological polar surface area (TPSA) is 12.5 Å². The Balaban J connectivity index is 2.85. The van der Waals surface area contributed by atoms with Crippen molar-refractivity contribution in [3.63, 3.8) is 0 Å². The number of rotatable bonds is 5. The largest absolute Gasteiger partial charge is 0.495 e. The van der Waals surface area contributed by atoms with Crippen LogP contribution in [0.4, 0.5) is 0 Å². The molecule has 0 heterocycles. The molecule has 0 atom stereocenters. The number of nitrogens with zero attached hydrogens (tertiary/aromatic N) is 1. The van der Waals surface area contributed by atoms with E-state index >= 15 is 0 Å². The lowest BCUT2D eigenvalue weighted by Crippen LogP contribution is -2.20. The molecule has 0 saturated carbocycles. The summed E-state index contributed by atoms with van der Waals surface area (Å²) in [5.41, 5.74) is 2.39. The Morgan fingerprint density at radius 2 is 2.06 bits per heavy atom. The van der Waals surface area contributed by atoms with E-state index in [-0.39, 0.29) is 0 Å². The number of methoxy groups -OCH3 is 1. The highest BCUT2D eigenvalue weighted by Gasteiger charge is 2.08. The third kappa shape index (κ3) is 3.55. The van der Waals surface area contributed by atoms with Crippen molar-refractivity contribution < 1.29 is 4.74 Å². The molecular formula is C12H17Cl2NO. The standard InChI is InChI=1S/C12H17Cl2NO/c1-9-6-12(16-3)11(14)7-10(9)8-15(2)5-4-13/h6-7H,4-5,8H2,1-3H3. The van der Waals surface area contributed by atoms with Crippen LogP contribution in [0.25, 0.3) is 0 Å². The first-order valence-electron chi connectivity index (χ1n) is 5.16. The third-order valence-corrected chi connectivity index (χ3v) is 2.98. The van der Waals surface area contributed by atoms with Crippen molar-refractivity contribution in [1.29, 1.82) is 0 Å². The first-order valence-corrected chi connectivity index (χ1v) is 6.07. The van der Waals surface area contributed by atoms with Crippen molar-refractivity contribution in [2.45, 2.75) is 13.5 Å². The number of hydrogen-bond acceptors (Lipinski definition) is 2. The lowest BCUT2D eigenvalue weighted by molar-refractivity contribution is 0.346. The van der Waals surface area contributed by atoms with E-state index in [4.69, 9.17) is 27.9 Å². The van der Waals surface area contributed by atoms with Gasteiger partial charge in [0.15, 0.2) is 0 Å². The minimum Gasteiger partial charge on any atom is -0.495 e. The summed E-state index contributed by atoms with van der Waals surface area (Å²) in [6.07, 6.45) is 0. The van der Waals surface area contributed by atoms with Gasteiger partial charge in [0.2, 0.25) is 0 Å². The molecule has 0 aromatic heterocycles. The van der Waals surface area contributed by atoms with Gasteiger partial charge in [-0.2, -0.15) is 0 Å². The van der Waals surface area contributed by atoms with Gasteiger partial charge in [0.25, 0.3) is 0 Å². The third-order valence-electron chi connectivity index (χ3n) is 2.52. The Labute approximate surface area is 107 Å². The molecule has 2 nitrogen and oxygen atoms in total. The van der Waals surface area contributed by atoms with Crippen molar-refractivity contribution >= 4 is 23.2 Å². The molecule has 0 bridgehead atoms. The average molecular weight is 262 g/mol. The van der Waals surface area contributed by atoms with E-state index in [0.717, 1.165) is 18.8 Å². The van der Waals surface area contributed by atoms with E-state index in [1.54, 1.807) is 7.11 Å². The highest BCUT2D eigenvalue weighted by molar-refractivity contribution is 6.32. The Morgan fingerprint density at radius 1 is 1.38 bits per heavy atom. The second kappa shape index (κ2) is 6.33. The van der Waals surface area contributed by atoms with Gasteiger partial charge in [0.05, 0.1) is 12.1 Å². The summed E-state index contributed by atoms with van der Waals surface area (Å²) in [5, 5.41) is 0.655. The second-order valence-electron chi connectivity index (χ2n) is 3.84. The Morgan fingerprint density at radius 3 is 2.62 bits per heavy atom. The van der Waals surface area contributed by atoms with Gasteiger partial charge in [-0.3, -0.25) is 0 Å². The normalized spacial score (nSPS) is 10.9. The van der Waals surface area contributed by atoms with Crippen LogP contribution in [0.5, 0.6) is 5.75 Å². The molecule has 0 N–H and O–H groups in total. The Hall–Kier alpha value is -0.440. The minimum atomic E-state index is 0.638. The molecule has 16 heavy (non-hydrogen) atoms. The van der Waals surface area contributed by atoms with Crippen LogP contribution in [-0.4, -0.2) is 31.5 Å². The summed E-state index contributed by atoms with van der Waals surface area (Å²) >= 11 is 11.8. The van der Waals surface area contributed by atoms with Gasteiger partial charge in [-0.1, -0.05) is 11.6 Å². The SMILES string of the molecule is COc1cc(C)c(CN(C)CCCl)cc1Cl. The summed E-state index contributed by atoms with van der Waals surface area (Å²) in [4.78, 5) is 2.16. The molecule has 1 rings (SSSR count). The number of benzene rings is 1. The minimum absolute atomic E-state index is 0.638. The maximum Gasteiger partial charge on any atom is 0.137 e. The molecule has 0 radical (unpaired) electrons. The zero-order valence-electron chi connectivity index (χ0n) is 9.89. The number of aryl methyl sites for hydroxylation is 1. The predicted molar refractivity (Wildman–Crippen MR) is 69.8 cm³/mol. The van der Waals surface area contributed by atoms with E-state index in [1.165, 1.54) is 11.1 Å². The summed E-state index contributed by atoms with van der Waals surface area (Å²) in [7, 11) is 3.67. The lowest BCUT2D eigenvalue weighted by atomic mass is 10.1. The molecule has 4 heteroatoms. The molecule has 0 aliphatic rings. The number of hydrogen-bond donors (Lipinski definition) is 0. The van der Waals surface area contributed by atoms with Gasteiger partial charge >= 0.3 is 0 Å². The van der Waals surface area contributed by atoms with Gasteiger partial charge < -0.3 is 9.64 Å². The smallest absolute Gasteiger partial charge is 0.137 e. The van der Waals surface area contributed by atoms with Crippen molar-refractivity contribution in [1.82, 2.24) is 4.90 Å². The van der Waals surface area contributed by atoms with Crippen LogP contribution in [0, 0.1) is 6.92 Å². The van der Waals surface area contributed by atoms with Gasteiger partial charge in [0.1, 0.15) is 5.75 Å². The first kappa shape index (κ1) is 13.6. The van der Waals surface area contributed by atoms with Gasteiger partial charge in [-0.05, 0) is 37.2 Å². The summed E-state index contributed by atoms with van der Waals surface area (Å²) in [5.74, 6) is 1.36. The molecular weight excluding hydrogens is 245 g/mol. The van der Waals surface area contributed by atoms with Crippen LogP contribution in [0.1, 0.15) is 11.1 Å². The summed E-state index contributed by atoms with van der Waals surface area (Å²) in [6, 6.07) is 3.92. The van der Waals surface area contributed by atoms with Gasteiger partial charge in [-0.15, -0.1) is 11.6 Å². The fourth-order valence-electron chi connectivity index (χ4n) is 1.54. The highest BCUT2D eigenvalue weighted by Crippen LogP contribution is 2.28. The lowest BCUT2D eigenvalue weighted by Gasteiger charge is -2.17. The number of alkyl halides is 1. The summed E-state index contributed by atoms with van der Waals surface area (Å²) in [6.45, 7) is 3.77. The first-order chi connectivity index (χ1) is 7.58. The fourth-order valence-corrected chi connectivity index (χ4v) is 2.09. The Bertz CT molecular complexity index is 355. The van der Waals surface area contributed by atoms with E-state index < -0.39 is 0 Å². The average Bonchev–Trinajstić information content (AvgIpc) is 2.23. The van der Waals surface area contributed by atoms with Crippen molar-refractivity contribution in [3.05, 3.63) is 28.3 Å². The van der Waals surface area contributed by atoms with Crippen LogP contribution in [0.2, 0.25) is 5.02 Å². The van der Waals surface area contributed by atoms with Crippen LogP contribution in [-0.2, 0) is 6.54 Å². The molecule has 0 saturated heterocycles. The van der Waals surface area contributed by atoms with E-state index in [1.807, 2.05) is 19.2 Å². The van der Waals surface area contributed by atoms with E-state index in [2.05, 4.69) is 11.8 Å². The molecule has 90 valence electrons. The van der Waals surface area contributed by atoms with Crippen molar-refractivity contribution in [2.75, 3.05) is 26.6 Å². The number of ether oxygens (including phenoxy) is 1. The molecule has 0 aliphatic carbocycles. The second-order valence-corrected chi connectivity index (χ2v) is 4.63. The maximum atomic E-state index is 6.09. The molecule has 1 aromatic rings. The van der Waals surface area contributed by atoms with Gasteiger partial charge in [0, 0.05) is 19.0 Å². The van der Waals surface area contributed by atoms with Crippen LogP contribution < -0.4 is 4.74 Å². The zero-order chi connectivity index (χ0) is 12.1. The molecule has 0 spiro atoms. The molecule has 1 aromatic carbocycles. The van der Waals surface area contributed by atoms with Crippen LogP contribution in [0.15, 0.2) is 12.1 Å². The zero-order valence-corrected chi connectivity index (χ0v) is 11.4. The number of halogens is 2.